The maximum absolute atomic E-state index is 12.5. The Kier molecular flexibility index (Phi) is 17.1. The van der Waals surface area contributed by atoms with Crippen molar-refractivity contribution in [3.63, 3.8) is 0 Å². The molecule has 2 aromatic carbocycles. The second-order valence-electron chi connectivity index (χ2n) is 6.38. The van der Waals surface area contributed by atoms with E-state index in [1.54, 1.807) is 6.07 Å². The summed E-state index contributed by atoms with van der Waals surface area (Å²) in [5, 5.41) is 11.2. The number of carbonyl (C=O) groups excluding carboxylic acids is 1. The molecular formula is C25H36N2O3S2. The summed E-state index contributed by atoms with van der Waals surface area (Å²) in [6, 6.07) is 15.0. The van der Waals surface area contributed by atoms with Crippen LogP contribution >= 0.6 is 24.4 Å². The lowest BCUT2D eigenvalue weighted by atomic mass is 9.96. The summed E-state index contributed by atoms with van der Waals surface area (Å²) in [6.07, 6.45) is 6.54. The Morgan fingerprint density at radius 1 is 1.19 bits per heavy atom. The molecule has 0 aliphatic heterocycles. The molecular weight excluding hydrogens is 440 g/mol. The van der Waals surface area contributed by atoms with Crippen molar-refractivity contribution in [2.75, 3.05) is 24.3 Å². The molecule has 0 radical (unpaired) electrons. The molecule has 1 amide bonds. The number of carbonyl (C=O) groups is 2. The highest BCUT2D eigenvalue weighted by Crippen LogP contribution is 2.25. The molecule has 7 heteroatoms. The first-order valence-electron chi connectivity index (χ1n) is 10.6. The number of amides is 1. The monoisotopic (exact) mass is 476 g/mol. The molecule has 0 saturated carbocycles. The van der Waals surface area contributed by atoms with Crippen LogP contribution in [0.5, 0.6) is 0 Å². The maximum Gasteiger partial charge on any atom is 0.322 e. The minimum atomic E-state index is -1.08. The van der Waals surface area contributed by atoms with Gasteiger partial charge in [0.15, 0.2) is 0 Å². The standard InChI is InChI=1S/C20H22N2O3S.C3H8S.C2H6/c21-16(13-26)8-4-5-14-9-10-17(15-6-2-1-3-7-15)18(11-14)20(25)22-12-19(23)24;1-3-4-2;1-2/h1-4,6-11,16,26H,5,12-13,21H2,(H,22,25)(H,23,24);3H2,1-2H3;1-2H3/b8-4+;;. The Bertz CT molecular complexity index is 825. The van der Waals surface area contributed by atoms with Crippen molar-refractivity contribution in [1.29, 1.82) is 0 Å². The summed E-state index contributed by atoms with van der Waals surface area (Å²) >= 11 is 5.99. The second-order valence-corrected chi connectivity index (χ2v) is 7.90. The van der Waals surface area contributed by atoms with Gasteiger partial charge in [-0.2, -0.15) is 24.4 Å². The molecule has 1 atom stereocenters. The van der Waals surface area contributed by atoms with Crippen LogP contribution in [0.3, 0.4) is 0 Å². The molecule has 0 heterocycles. The fraction of sp³-hybridized carbons (Fsp3) is 0.360. The number of hydrogen-bond acceptors (Lipinski definition) is 5. The zero-order valence-electron chi connectivity index (χ0n) is 19.4. The first kappa shape index (κ1) is 29.8. The molecule has 176 valence electrons. The van der Waals surface area contributed by atoms with Gasteiger partial charge in [0.05, 0.1) is 0 Å². The number of thiol groups is 1. The maximum atomic E-state index is 12.5. The zero-order valence-corrected chi connectivity index (χ0v) is 21.1. The van der Waals surface area contributed by atoms with Crippen molar-refractivity contribution >= 4 is 36.3 Å². The Morgan fingerprint density at radius 3 is 2.34 bits per heavy atom. The fourth-order valence-corrected chi connectivity index (χ4v) is 2.59. The first-order chi connectivity index (χ1) is 15.4. The molecule has 32 heavy (non-hydrogen) atoms. The number of nitrogens with one attached hydrogen (secondary N) is 1. The number of rotatable bonds is 9. The van der Waals surface area contributed by atoms with Crippen LogP contribution in [0.25, 0.3) is 11.1 Å². The third kappa shape index (κ3) is 12.0. The van der Waals surface area contributed by atoms with Gasteiger partial charge < -0.3 is 16.2 Å². The minimum absolute atomic E-state index is 0.111. The minimum Gasteiger partial charge on any atom is -0.480 e. The van der Waals surface area contributed by atoms with E-state index in [0.29, 0.717) is 17.7 Å². The van der Waals surface area contributed by atoms with E-state index >= 15 is 0 Å². The van der Waals surface area contributed by atoms with Crippen LogP contribution in [0.4, 0.5) is 0 Å². The van der Waals surface area contributed by atoms with Gasteiger partial charge in [-0.3, -0.25) is 9.59 Å². The van der Waals surface area contributed by atoms with Crippen molar-refractivity contribution in [3.05, 3.63) is 71.8 Å². The molecule has 2 aromatic rings. The summed E-state index contributed by atoms with van der Waals surface area (Å²) in [5.74, 6) is 0.301. The van der Waals surface area contributed by atoms with Crippen molar-refractivity contribution in [1.82, 2.24) is 5.32 Å². The Morgan fingerprint density at radius 2 is 1.81 bits per heavy atom. The van der Waals surface area contributed by atoms with E-state index in [9.17, 15) is 9.59 Å². The van der Waals surface area contributed by atoms with Crippen molar-refractivity contribution < 1.29 is 14.7 Å². The van der Waals surface area contributed by atoms with Crippen molar-refractivity contribution in [2.45, 2.75) is 33.2 Å². The largest absolute Gasteiger partial charge is 0.480 e. The number of carboxylic acids is 1. The molecule has 0 fully saturated rings. The van der Waals surface area contributed by atoms with Crippen LogP contribution in [-0.2, 0) is 11.2 Å². The third-order valence-corrected chi connectivity index (χ3v) is 5.05. The van der Waals surface area contributed by atoms with Crippen LogP contribution in [0.1, 0.15) is 36.7 Å². The van der Waals surface area contributed by atoms with E-state index in [2.05, 4.69) is 31.1 Å². The lowest BCUT2D eigenvalue weighted by Crippen LogP contribution is -2.29. The normalized spacial score (nSPS) is 10.9. The van der Waals surface area contributed by atoms with Gasteiger partial charge in [-0.05, 0) is 41.2 Å². The number of carboxylic acid groups (broad SMARTS) is 1. The molecule has 0 aromatic heterocycles. The summed E-state index contributed by atoms with van der Waals surface area (Å²) in [5.41, 5.74) is 8.84. The zero-order chi connectivity index (χ0) is 24.4. The van der Waals surface area contributed by atoms with Gasteiger partial charge in [-0.15, -0.1) is 0 Å². The van der Waals surface area contributed by atoms with Crippen LogP contribution in [0.2, 0.25) is 0 Å². The highest BCUT2D eigenvalue weighted by atomic mass is 32.2. The van der Waals surface area contributed by atoms with Gasteiger partial charge in [0.25, 0.3) is 5.91 Å². The number of thioether (sulfide) groups is 1. The van der Waals surface area contributed by atoms with E-state index in [1.807, 2.05) is 80.2 Å². The van der Waals surface area contributed by atoms with Crippen LogP contribution in [0.15, 0.2) is 60.7 Å². The van der Waals surface area contributed by atoms with E-state index in [0.717, 1.165) is 16.7 Å². The lowest BCUT2D eigenvalue weighted by molar-refractivity contribution is -0.135. The topological polar surface area (TPSA) is 92.4 Å². The Balaban J connectivity index is 0.00000144. The van der Waals surface area contributed by atoms with E-state index in [1.165, 1.54) is 5.75 Å². The summed E-state index contributed by atoms with van der Waals surface area (Å²) in [4.78, 5) is 23.2. The SMILES string of the molecule is CC.CCSC.NC(/C=C/Cc1ccc(-c2ccccc2)c(C(=O)NCC(=O)O)c1)CS. The number of nitrogens with two attached hydrogens (primary N) is 1. The average molecular weight is 477 g/mol. The second kappa shape index (κ2) is 18.4. The van der Waals surface area contributed by atoms with Gasteiger partial charge >= 0.3 is 5.97 Å². The number of allylic oxidation sites excluding steroid dienone is 1. The summed E-state index contributed by atoms with van der Waals surface area (Å²) in [7, 11) is 0. The van der Waals surface area contributed by atoms with Crippen molar-refractivity contribution in [3.8, 4) is 11.1 Å². The Hall–Kier alpha value is -2.22. The lowest BCUT2D eigenvalue weighted by Gasteiger charge is -2.12. The molecule has 1 unspecified atom stereocenters. The van der Waals surface area contributed by atoms with Gasteiger partial charge in [0.1, 0.15) is 6.54 Å². The van der Waals surface area contributed by atoms with Crippen LogP contribution < -0.4 is 11.1 Å². The molecule has 0 aliphatic carbocycles. The molecule has 2 rings (SSSR count). The predicted molar refractivity (Wildman–Crippen MR) is 142 cm³/mol. The Labute approximate surface area is 202 Å². The molecule has 4 N–H and O–H groups in total. The van der Waals surface area contributed by atoms with Gasteiger partial charge in [0, 0.05) is 17.4 Å². The van der Waals surface area contributed by atoms with Crippen LogP contribution in [0, 0.1) is 0 Å². The van der Waals surface area contributed by atoms with Gasteiger partial charge in [-0.25, -0.2) is 0 Å². The summed E-state index contributed by atoms with van der Waals surface area (Å²) < 4.78 is 0. The third-order valence-electron chi connectivity index (χ3n) is 4.05. The smallest absolute Gasteiger partial charge is 0.322 e. The number of hydrogen-bond donors (Lipinski definition) is 4. The number of benzene rings is 2. The van der Waals surface area contributed by atoms with E-state index in [4.69, 9.17) is 10.8 Å². The predicted octanol–water partition coefficient (Wildman–Crippen LogP) is 4.92. The molecule has 0 bridgehead atoms. The van der Waals surface area contributed by atoms with Gasteiger partial charge in [0.2, 0.25) is 0 Å². The van der Waals surface area contributed by atoms with E-state index in [-0.39, 0.29) is 6.04 Å². The summed E-state index contributed by atoms with van der Waals surface area (Å²) in [6.45, 7) is 5.72. The quantitative estimate of drug-likeness (QED) is 0.305. The molecule has 0 saturated heterocycles. The highest BCUT2D eigenvalue weighted by molar-refractivity contribution is 7.98. The first-order valence-corrected chi connectivity index (χ1v) is 12.7. The molecule has 5 nitrogen and oxygen atoms in total. The fourth-order valence-electron chi connectivity index (χ4n) is 2.47. The molecule has 0 spiro atoms. The van der Waals surface area contributed by atoms with Gasteiger partial charge in [-0.1, -0.05) is 75.4 Å². The van der Waals surface area contributed by atoms with E-state index < -0.39 is 18.4 Å². The van der Waals surface area contributed by atoms with Crippen molar-refractivity contribution in [2.24, 2.45) is 5.73 Å². The number of aliphatic carboxylic acids is 1. The molecule has 0 aliphatic rings. The average Bonchev–Trinajstić information content (AvgIpc) is 2.84. The van der Waals surface area contributed by atoms with Crippen LogP contribution in [-0.4, -0.2) is 47.3 Å². The highest BCUT2D eigenvalue weighted by Gasteiger charge is 2.14.